The van der Waals surface area contributed by atoms with Crippen molar-refractivity contribution >= 4 is 80.8 Å². The fourth-order valence-corrected chi connectivity index (χ4v) is 13.3. The summed E-state index contributed by atoms with van der Waals surface area (Å²) in [7, 11) is 7.34. The fourth-order valence-electron chi connectivity index (χ4n) is 13.3. The van der Waals surface area contributed by atoms with Crippen molar-refractivity contribution in [2.24, 2.45) is 41.7 Å². The topological polar surface area (TPSA) is 428 Å². The van der Waals surface area contributed by atoms with Crippen LogP contribution >= 0.6 is 0 Å². The van der Waals surface area contributed by atoms with Crippen molar-refractivity contribution in [3.05, 3.63) is 231 Å². The highest BCUT2D eigenvalue weighted by Gasteiger charge is 2.35. The van der Waals surface area contributed by atoms with Crippen LogP contribution in [-0.2, 0) is 28.5 Å². The number of rotatable bonds is 23. The summed E-state index contributed by atoms with van der Waals surface area (Å²) in [6, 6.07) is 43.7. The molecule has 1 aliphatic rings. The van der Waals surface area contributed by atoms with Crippen molar-refractivity contribution in [2.45, 2.75) is 172 Å². The molecule has 650 valence electrons. The van der Waals surface area contributed by atoms with Gasteiger partial charge in [-0.3, -0.25) is 83.9 Å². The molecule has 14 N–H and O–H groups in total. The summed E-state index contributed by atoms with van der Waals surface area (Å²) >= 11 is 0. The van der Waals surface area contributed by atoms with Gasteiger partial charge in [0.15, 0.2) is 0 Å². The van der Waals surface area contributed by atoms with Crippen LogP contribution in [0.15, 0.2) is 164 Å². The second kappa shape index (κ2) is 44.3. The van der Waals surface area contributed by atoms with E-state index in [1.54, 1.807) is 106 Å². The number of nitrogens with one attached hydrogen (secondary N) is 9. The first kappa shape index (κ1) is 97.8. The lowest BCUT2D eigenvalue weighted by molar-refractivity contribution is -0.130. The average Bonchev–Trinajstić information content (AvgIpc) is 1.60. The van der Waals surface area contributed by atoms with Crippen molar-refractivity contribution < 1.29 is 78.7 Å². The van der Waals surface area contributed by atoms with E-state index in [1.807, 2.05) is 200 Å². The number of pyridine rings is 2. The standard InChI is InChI=1S/C21H24N4O3.C20H21N3O3.C17H25N3O3.C17H25NO4.C16H25N3O3/c1-21(2,3)18(15-10-9-14(12-22-15)19(26)24-28)23-20(27)17-11-13-7-5-6-8-16(13)25(17)4;1-3-16(13-8-10-14(11-9-13)19(24)22-26)21-20(25)18-12-15-6-4-5-7-17(15)23(18)2;1-3-15(12-4-6-13(7-5-12)17(22)19-23)18-16(21)14-8-10-20(2)11-9-14;1-6-11(10-15(19)17(2,3)4)13-8-7-12(16(20)18-21)9-14(13)22-5;1-15(2,3)12(18-14(21)16(4,5)6)11-8-7-10(9-17-11)13(20)19-22/h5-12,18,28H,1-4H3,(H,23,27)(H,24,26);4-12,16,26H,3H2,1-2H3,(H,21,25)(H,22,24);4-7,14-15,23H,3,8-11H2,1-2H3,(H,18,21)(H,19,22);7-9,11,21H,6,10H2,1-5H3,(H,18,20);7-9,12,22H,1-6H3,(H,18,21)(H,19,20)/t18-;16-;15-;11-;12-/m10001/s1. The summed E-state index contributed by atoms with van der Waals surface area (Å²) < 4.78 is 9.11. The van der Waals surface area contributed by atoms with E-state index < -0.39 is 35.0 Å². The van der Waals surface area contributed by atoms with Gasteiger partial charge in [0.05, 0.1) is 53.8 Å². The Kier molecular flexibility index (Phi) is 35.8. The lowest BCUT2D eigenvalue weighted by Crippen LogP contribution is -2.42. The number of ketones is 1. The number of carbonyl (C=O) groups is 10. The van der Waals surface area contributed by atoms with E-state index in [4.69, 9.17) is 30.8 Å². The van der Waals surface area contributed by atoms with Gasteiger partial charge in [-0.2, -0.15) is 0 Å². The first-order chi connectivity index (χ1) is 57.0. The molecule has 9 aromatic rings. The third-order valence-electron chi connectivity index (χ3n) is 20.9. The van der Waals surface area contributed by atoms with Crippen LogP contribution in [0.5, 0.6) is 5.75 Å². The molecule has 1 aliphatic heterocycles. The molecule has 0 spiro atoms. The SMILES string of the molecule is CC(C)(C)C(=O)N[C@H](c1ccc(C(=O)NO)cn1)C(C)(C)C.CC[C@@H](CC(=O)C(C)(C)C)c1ccc(C(=O)NO)cc1OC.CC[C@H](NC(=O)C1CCN(C)CC1)c1ccc(C(=O)NO)cc1.CC[C@H](NC(=O)c1cc2ccccc2n1C)c1ccc(C(=O)NO)cc1.Cn1c(C(=O)N[C@H](c2ccc(C(=O)NO)cn2)C(C)(C)C)cc2ccccc21. The second-order valence-electron chi connectivity index (χ2n) is 33.9. The number of nitrogens with zero attached hydrogens (tertiary/aromatic N) is 5. The number of aromatic nitrogens is 4. The van der Waals surface area contributed by atoms with E-state index in [-0.39, 0.29) is 92.8 Å². The zero-order valence-corrected chi connectivity index (χ0v) is 72.7. The van der Waals surface area contributed by atoms with Gasteiger partial charge in [0, 0.05) is 88.2 Å². The number of carbonyl (C=O) groups excluding carboxylic acids is 10. The molecular weight excluding hydrogens is 1550 g/mol. The summed E-state index contributed by atoms with van der Waals surface area (Å²) in [4.78, 5) is 131. The van der Waals surface area contributed by atoms with Gasteiger partial charge >= 0.3 is 0 Å². The van der Waals surface area contributed by atoms with Gasteiger partial charge in [0.1, 0.15) is 22.9 Å². The van der Waals surface area contributed by atoms with Gasteiger partial charge in [-0.15, -0.1) is 0 Å². The third-order valence-corrected chi connectivity index (χ3v) is 20.9. The molecule has 1 saturated heterocycles. The normalized spacial score (nSPS) is 13.6. The summed E-state index contributed by atoms with van der Waals surface area (Å²) in [6.07, 6.45) is 7.27. The molecule has 5 aromatic carbocycles. The minimum absolute atomic E-state index is 0.0351. The number of Topliss-reactive ketones (excluding diaryl/α,β-unsaturated/α-hetero) is 1. The van der Waals surface area contributed by atoms with E-state index in [0.29, 0.717) is 58.1 Å². The molecule has 0 saturated carbocycles. The van der Waals surface area contributed by atoms with Crippen molar-refractivity contribution in [1.29, 1.82) is 0 Å². The number of piperidine rings is 1. The number of amides is 9. The summed E-state index contributed by atoms with van der Waals surface area (Å²) in [5.74, 6) is -2.39. The highest BCUT2D eigenvalue weighted by atomic mass is 16.5. The Labute approximate surface area is 707 Å². The highest BCUT2D eigenvalue weighted by Crippen LogP contribution is 2.37. The van der Waals surface area contributed by atoms with Gasteiger partial charge in [-0.25, -0.2) is 27.4 Å². The van der Waals surface area contributed by atoms with Crippen LogP contribution in [-0.4, -0.2) is 136 Å². The molecule has 4 aromatic heterocycles. The number of benzene rings is 5. The van der Waals surface area contributed by atoms with Gasteiger partial charge in [0.2, 0.25) is 11.8 Å². The van der Waals surface area contributed by atoms with E-state index in [1.165, 1.54) is 19.5 Å². The van der Waals surface area contributed by atoms with E-state index in [2.05, 4.69) is 43.2 Å². The first-order valence-electron chi connectivity index (χ1n) is 40.1. The quantitative estimate of drug-likeness (QED) is 0.0209. The van der Waals surface area contributed by atoms with Crippen LogP contribution in [0.2, 0.25) is 0 Å². The molecule has 30 heteroatoms. The molecule has 10 rings (SSSR count). The number of hydroxylamine groups is 5. The number of methoxy groups -OCH3 is 1. The largest absolute Gasteiger partial charge is 0.496 e. The van der Waals surface area contributed by atoms with Gasteiger partial charge in [-0.1, -0.05) is 171 Å². The maximum absolute atomic E-state index is 13.0. The molecular formula is C91H120N14O16. The molecule has 1 fully saturated rings. The van der Waals surface area contributed by atoms with Gasteiger partial charge < -0.3 is 40.0 Å². The first-order valence-corrected chi connectivity index (χ1v) is 40.1. The number of aryl methyl sites for hydroxylation is 2. The predicted octanol–water partition coefficient (Wildman–Crippen LogP) is 13.9. The Morgan fingerprint density at radius 2 is 0.818 bits per heavy atom. The van der Waals surface area contributed by atoms with E-state index in [9.17, 15) is 47.9 Å². The molecule has 0 aliphatic carbocycles. The average molecular weight is 1670 g/mol. The lowest BCUT2D eigenvalue weighted by atomic mass is 9.81. The maximum Gasteiger partial charge on any atom is 0.276 e. The molecule has 121 heavy (non-hydrogen) atoms. The van der Waals surface area contributed by atoms with E-state index >= 15 is 0 Å². The fraction of sp³-hybridized carbons (Fsp3) is 0.407. The van der Waals surface area contributed by atoms with Crippen LogP contribution in [0.4, 0.5) is 0 Å². The minimum atomic E-state index is -0.633. The van der Waals surface area contributed by atoms with E-state index in [0.717, 1.165) is 77.3 Å². The van der Waals surface area contributed by atoms with Crippen LogP contribution < -0.4 is 53.4 Å². The van der Waals surface area contributed by atoms with Gasteiger partial charge in [0.25, 0.3) is 41.4 Å². The monoisotopic (exact) mass is 1660 g/mol. The van der Waals surface area contributed by atoms with Gasteiger partial charge in [-0.05, 0) is 171 Å². The third kappa shape index (κ3) is 27.2. The molecule has 5 heterocycles. The number of fused-ring (bicyclic) bond motifs is 2. The molecule has 0 bridgehead atoms. The number of likely N-dealkylation sites (tertiary alicyclic amines) is 1. The molecule has 9 amide bonds. The van der Waals surface area contributed by atoms with Crippen LogP contribution in [0.3, 0.4) is 0 Å². The minimum Gasteiger partial charge on any atom is -0.496 e. The predicted molar refractivity (Wildman–Crippen MR) is 460 cm³/mol. The summed E-state index contributed by atoms with van der Waals surface area (Å²) in [5.41, 5.74) is 15.3. The smallest absolute Gasteiger partial charge is 0.276 e. The zero-order chi connectivity index (χ0) is 90.0. The Morgan fingerprint density at radius 3 is 1.18 bits per heavy atom. The molecule has 5 atom stereocenters. The number of para-hydroxylation sites is 2. The molecule has 30 nitrogen and oxygen atoms in total. The molecule has 0 unspecified atom stereocenters. The lowest BCUT2D eigenvalue weighted by Gasteiger charge is -2.33. The number of ether oxygens (including phenoxy) is 1. The summed E-state index contributed by atoms with van der Waals surface area (Å²) in [6.45, 7) is 31.3. The Balaban J connectivity index is 0.000000235. The Morgan fingerprint density at radius 1 is 0.438 bits per heavy atom. The number of hydrogen-bond donors (Lipinski definition) is 14. The van der Waals surface area contributed by atoms with Crippen molar-refractivity contribution in [3.8, 4) is 5.75 Å². The maximum atomic E-state index is 13.0. The number of hydrogen-bond acceptors (Lipinski definition) is 19. The van der Waals surface area contributed by atoms with Crippen molar-refractivity contribution in [1.82, 2.24) is 72.7 Å². The summed E-state index contributed by atoms with van der Waals surface area (Å²) in [5, 5.41) is 57.7. The van der Waals surface area contributed by atoms with Crippen LogP contribution in [0.25, 0.3) is 21.8 Å². The van der Waals surface area contributed by atoms with Crippen molar-refractivity contribution in [2.75, 3.05) is 27.2 Å². The van der Waals surface area contributed by atoms with Crippen LogP contribution in [0, 0.1) is 27.6 Å². The molecule has 0 radical (unpaired) electrons. The Hall–Kier alpha value is -12.1. The highest BCUT2D eigenvalue weighted by molar-refractivity contribution is 6.01. The second-order valence-corrected chi connectivity index (χ2v) is 33.9. The van der Waals surface area contributed by atoms with Crippen molar-refractivity contribution in [3.63, 3.8) is 0 Å². The van der Waals surface area contributed by atoms with Crippen LogP contribution in [0.1, 0.15) is 273 Å². The Bertz CT molecular complexity index is 5010. The zero-order valence-electron chi connectivity index (χ0n) is 72.7.